The molecule has 0 aromatic rings. The molecule has 2 aliphatic rings. The van der Waals surface area contributed by atoms with E-state index in [1.165, 1.54) is 32.1 Å². The first kappa shape index (κ1) is 19.2. The van der Waals surface area contributed by atoms with Crippen molar-refractivity contribution in [3.05, 3.63) is 0 Å². The lowest BCUT2D eigenvalue weighted by Gasteiger charge is -2.26. The van der Waals surface area contributed by atoms with Gasteiger partial charge in [-0.15, -0.1) is 0 Å². The molecule has 2 rings (SSSR count). The van der Waals surface area contributed by atoms with Gasteiger partial charge >= 0.3 is 0 Å². The lowest BCUT2D eigenvalue weighted by Crippen LogP contribution is -2.38. The number of ether oxygens (including phenoxy) is 1. The molecule has 1 saturated carbocycles. The van der Waals surface area contributed by atoms with Gasteiger partial charge in [-0.2, -0.15) is 0 Å². The van der Waals surface area contributed by atoms with Crippen molar-refractivity contribution in [3.63, 3.8) is 0 Å². The number of carbonyl (C=O) groups excluding carboxylic acids is 2. The van der Waals surface area contributed by atoms with Gasteiger partial charge in [0.2, 0.25) is 11.8 Å². The first-order valence-corrected chi connectivity index (χ1v) is 9.84. The molecule has 1 aliphatic carbocycles. The zero-order valence-electron chi connectivity index (χ0n) is 15.4. The van der Waals surface area contributed by atoms with Gasteiger partial charge in [-0.05, 0) is 32.1 Å². The Bertz CT molecular complexity index is 403. The van der Waals surface area contributed by atoms with E-state index in [2.05, 4.69) is 19.2 Å². The van der Waals surface area contributed by atoms with Crippen LogP contribution in [-0.4, -0.2) is 48.6 Å². The standard InChI is InChI=1S/C19H34N2O3/c1-3-16(4-2)21-14-15(13-18(21)22)19(23)20-11-8-12-24-17-9-6-5-7-10-17/h15-17H,3-14H2,1-2H3,(H,20,23). The number of hydrogen-bond acceptors (Lipinski definition) is 3. The number of nitrogens with one attached hydrogen (secondary N) is 1. The Morgan fingerprint density at radius 2 is 1.96 bits per heavy atom. The number of likely N-dealkylation sites (tertiary alicyclic amines) is 1. The van der Waals surface area contributed by atoms with Crippen LogP contribution in [0.1, 0.15) is 71.6 Å². The maximum Gasteiger partial charge on any atom is 0.225 e. The Kier molecular flexibility index (Phi) is 8.03. The molecule has 1 atom stereocenters. The summed E-state index contributed by atoms with van der Waals surface area (Å²) in [4.78, 5) is 26.3. The molecule has 1 N–H and O–H groups in total. The number of rotatable bonds is 9. The van der Waals surface area contributed by atoms with Crippen molar-refractivity contribution >= 4 is 11.8 Å². The van der Waals surface area contributed by atoms with E-state index in [1.807, 2.05) is 4.90 Å². The Labute approximate surface area is 146 Å². The maximum atomic E-state index is 12.3. The van der Waals surface area contributed by atoms with Crippen LogP contribution in [0.15, 0.2) is 0 Å². The number of hydrogen-bond donors (Lipinski definition) is 1. The molecule has 2 amide bonds. The molecule has 1 heterocycles. The fourth-order valence-electron chi connectivity index (χ4n) is 3.90. The number of nitrogens with zero attached hydrogens (tertiary/aromatic N) is 1. The second kappa shape index (κ2) is 10.0. The fraction of sp³-hybridized carbons (Fsp3) is 0.895. The Morgan fingerprint density at radius 1 is 1.25 bits per heavy atom. The van der Waals surface area contributed by atoms with Crippen molar-refractivity contribution in [1.29, 1.82) is 0 Å². The SMILES string of the molecule is CCC(CC)N1CC(C(=O)NCCCOC2CCCCC2)CC1=O. The summed E-state index contributed by atoms with van der Waals surface area (Å²) in [6.07, 6.45) is 9.81. The molecular formula is C19H34N2O3. The minimum absolute atomic E-state index is 0.0227. The number of amides is 2. The summed E-state index contributed by atoms with van der Waals surface area (Å²) in [7, 11) is 0. The summed E-state index contributed by atoms with van der Waals surface area (Å²) in [5, 5.41) is 2.98. The third kappa shape index (κ3) is 5.47. The molecular weight excluding hydrogens is 304 g/mol. The predicted molar refractivity (Wildman–Crippen MR) is 94.6 cm³/mol. The molecule has 0 aromatic heterocycles. The smallest absolute Gasteiger partial charge is 0.225 e. The molecule has 5 heteroatoms. The van der Waals surface area contributed by atoms with E-state index >= 15 is 0 Å². The van der Waals surface area contributed by atoms with Crippen molar-refractivity contribution < 1.29 is 14.3 Å². The van der Waals surface area contributed by atoms with Crippen molar-refractivity contribution in [2.75, 3.05) is 19.7 Å². The molecule has 2 fully saturated rings. The van der Waals surface area contributed by atoms with Crippen LogP contribution in [0.4, 0.5) is 0 Å². The highest BCUT2D eigenvalue weighted by Crippen LogP contribution is 2.23. The van der Waals surface area contributed by atoms with Gasteiger partial charge in [0.05, 0.1) is 12.0 Å². The second-order valence-electron chi connectivity index (χ2n) is 7.19. The summed E-state index contributed by atoms with van der Waals surface area (Å²) in [6, 6.07) is 0.277. The lowest BCUT2D eigenvalue weighted by atomic mass is 9.98. The predicted octanol–water partition coefficient (Wildman–Crippen LogP) is 2.88. The van der Waals surface area contributed by atoms with E-state index < -0.39 is 0 Å². The lowest BCUT2D eigenvalue weighted by molar-refractivity contribution is -0.130. The highest BCUT2D eigenvalue weighted by atomic mass is 16.5. The summed E-state index contributed by atoms with van der Waals surface area (Å²) >= 11 is 0. The summed E-state index contributed by atoms with van der Waals surface area (Å²) < 4.78 is 5.87. The van der Waals surface area contributed by atoms with E-state index in [0.717, 1.165) is 19.3 Å². The van der Waals surface area contributed by atoms with Crippen LogP contribution >= 0.6 is 0 Å². The monoisotopic (exact) mass is 338 g/mol. The molecule has 0 radical (unpaired) electrons. The van der Waals surface area contributed by atoms with Crippen molar-refractivity contribution in [1.82, 2.24) is 10.2 Å². The van der Waals surface area contributed by atoms with Gasteiger partial charge < -0.3 is 15.0 Å². The molecule has 0 aromatic carbocycles. The molecule has 24 heavy (non-hydrogen) atoms. The van der Waals surface area contributed by atoms with Crippen molar-refractivity contribution in [2.24, 2.45) is 5.92 Å². The largest absolute Gasteiger partial charge is 0.378 e. The molecule has 0 bridgehead atoms. The zero-order chi connectivity index (χ0) is 17.4. The van der Waals surface area contributed by atoms with E-state index in [4.69, 9.17) is 4.74 Å². The van der Waals surface area contributed by atoms with Gasteiger partial charge in [-0.1, -0.05) is 33.1 Å². The average molecular weight is 338 g/mol. The third-order valence-electron chi connectivity index (χ3n) is 5.44. The quantitative estimate of drug-likeness (QED) is 0.658. The Morgan fingerprint density at radius 3 is 2.62 bits per heavy atom. The van der Waals surface area contributed by atoms with E-state index in [-0.39, 0.29) is 23.8 Å². The highest BCUT2D eigenvalue weighted by Gasteiger charge is 2.36. The first-order chi connectivity index (χ1) is 11.7. The van der Waals surface area contributed by atoms with Crippen LogP contribution in [0.2, 0.25) is 0 Å². The van der Waals surface area contributed by atoms with Crippen LogP contribution in [-0.2, 0) is 14.3 Å². The van der Waals surface area contributed by atoms with E-state index in [1.54, 1.807) is 0 Å². The van der Waals surface area contributed by atoms with Gasteiger partial charge in [0.1, 0.15) is 0 Å². The normalized spacial score (nSPS) is 22.4. The molecule has 1 unspecified atom stereocenters. The van der Waals surface area contributed by atoms with Gasteiger partial charge in [-0.25, -0.2) is 0 Å². The zero-order valence-corrected chi connectivity index (χ0v) is 15.4. The third-order valence-corrected chi connectivity index (χ3v) is 5.44. The van der Waals surface area contributed by atoms with Crippen LogP contribution in [0.25, 0.3) is 0 Å². The van der Waals surface area contributed by atoms with E-state index in [9.17, 15) is 9.59 Å². The van der Waals surface area contributed by atoms with Crippen molar-refractivity contribution in [2.45, 2.75) is 83.8 Å². The van der Waals surface area contributed by atoms with Crippen LogP contribution in [0.3, 0.4) is 0 Å². The van der Waals surface area contributed by atoms with Crippen LogP contribution in [0, 0.1) is 5.92 Å². The minimum Gasteiger partial charge on any atom is -0.378 e. The topological polar surface area (TPSA) is 58.6 Å². The first-order valence-electron chi connectivity index (χ1n) is 9.84. The Balaban J connectivity index is 1.61. The molecule has 138 valence electrons. The molecule has 1 aliphatic heterocycles. The summed E-state index contributed by atoms with van der Waals surface area (Å²) in [5.41, 5.74) is 0. The minimum atomic E-state index is -0.183. The Hall–Kier alpha value is -1.10. The van der Waals surface area contributed by atoms with Gasteiger partial charge in [0, 0.05) is 32.2 Å². The second-order valence-corrected chi connectivity index (χ2v) is 7.19. The average Bonchev–Trinajstić information content (AvgIpc) is 2.98. The molecule has 5 nitrogen and oxygen atoms in total. The van der Waals surface area contributed by atoms with Gasteiger partial charge in [-0.3, -0.25) is 9.59 Å². The highest BCUT2D eigenvalue weighted by molar-refractivity contribution is 5.89. The van der Waals surface area contributed by atoms with Gasteiger partial charge in [0.15, 0.2) is 0 Å². The summed E-state index contributed by atoms with van der Waals surface area (Å²) in [5.74, 6) is -0.0312. The maximum absolute atomic E-state index is 12.3. The van der Waals surface area contributed by atoms with Crippen molar-refractivity contribution in [3.8, 4) is 0 Å². The summed E-state index contributed by atoms with van der Waals surface area (Å²) in [6.45, 7) is 6.13. The van der Waals surface area contributed by atoms with E-state index in [0.29, 0.717) is 32.2 Å². The molecule has 1 saturated heterocycles. The van der Waals surface area contributed by atoms with Crippen LogP contribution < -0.4 is 5.32 Å². The van der Waals surface area contributed by atoms with Crippen LogP contribution in [0.5, 0.6) is 0 Å². The molecule has 0 spiro atoms. The fourth-order valence-corrected chi connectivity index (χ4v) is 3.90. The van der Waals surface area contributed by atoms with Gasteiger partial charge in [0.25, 0.3) is 0 Å². The number of carbonyl (C=O) groups is 2.